The van der Waals surface area contributed by atoms with Crippen LogP contribution in [0, 0.1) is 5.82 Å². The van der Waals surface area contributed by atoms with Crippen molar-refractivity contribution >= 4 is 17.8 Å². The predicted octanol–water partition coefficient (Wildman–Crippen LogP) is 2.55. The molecule has 0 atom stereocenters. The minimum Gasteiger partial charge on any atom is -0.467 e. The van der Waals surface area contributed by atoms with Crippen LogP contribution in [0.3, 0.4) is 0 Å². The lowest BCUT2D eigenvalue weighted by molar-refractivity contribution is -0.157. The highest BCUT2D eigenvalue weighted by Gasteiger charge is 2.44. The molecule has 0 bridgehead atoms. The molecule has 1 N–H and O–H groups in total. The summed E-state index contributed by atoms with van der Waals surface area (Å²) < 4.78 is 23.7. The number of likely N-dealkylation sites (N-methyl/N-ethyl adjacent to an activating group) is 1. The Labute approximate surface area is 174 Å². The molecule has 1 heterocycles. The molecule has 3 rings (SSSR count). The van der Waals surface area contributed by atoms with Gasteiger partial charge in [-0.1, -0.05) is 25.0 Å². The van der Waals surface area contributed by atoms with E-state index in [4.69, 9.17) is 9.15 Å². The van der Waals surface area contributed by atoms with Gasteiger partial charge in [0.25, 0.3) is 5.91 Å². The van der Waals surface area contributed by atoms with E-state index in [0.29, 0.717) is 24.2 Å². The standard InChI is InChI=1S/C22H25FN2O5/c1-25(14-19(26)24-13-18-5-4-12-29-18)20(27)15-30-21(28)22(10-2-3-11-22)16-6-8-17(23)9-7-16/h4-9,12H,2-3,10-11,13-15H2,1H3,(H,24,26). The zero-order valence-corrected chi connectivity index (χ0v) is 16.9. The second-order valence-corrected chi connectivity index (χ2v) is 7.48. The average molecular weight is 416 g/mol. The quantitative estimate of drug-likeness (QED) is 0.668. The van der Waals surface area contributed by atoms with Crippen LogP contribution in [0.4, 0.5) is 4.39 Å². The van der Waals surface area contributed by atoms with E-state index >= 15 is 0 Å². The minimum atomic E-state index is -0.854. The van der Waals surface area contributed by atoms with Gasteiger partial charge in [-0.25, -0.2) is 4.39 Å². The topological polar surface area (TPSA) is 88.8 Å². The Bertz CT molecular complexity index is 873. The van der Waals surface area contributed by atoms with Crippen LogP contribution in [-0.4, -0.2) is 42.9 Å². The molecule has 1 fully saturated rings. The predicted molar refractivity (Wildman–Crippen MR) is 106 cm³/mol. The Kier molecular flexibility index (Phi) is 6.87. The monoisotopic (exact) mass is 416 g/mol. The largest absolute Gasteiger partial charge is 0.467 e. The van der Waals surface area contributed by atoms with Gasteiger partial charge in [0.1, 0.15) is 11.6 Å². The summed E-state index contributed by atoms with van der Waals surface area (Å²) in [4.78, 5) is 38.4. The second kappa shape index (κ2) is 9.56. The Morgan fingerprint density at radius 3 is 2.50 bits per heavy atom. The number of furan rings is 1. The number of ether oxygens (including phenoxy) is 1. The molecule has 1 aliphatic rings. The van der Waals surface area contributed by atoms with Crippen LogP contribution in [0.5, 0.6) is 0 Å². The van der Waals surface area contributed by atoms with Crippen molar-refractivity contribution < 1.29 is 27.9 Å². The van der Waals surface area contributed by atoms with Gasteiger partial charge >= 0.3 is 5.97 Å². The molecule has 2 aromatic rings. The van der Waals surface area contributed by atoms with Crippen molar-refractivity contribution in [1.29, 1.82) is 0 Å². The van der Waals surface area contributed by atoms with Crippen LogP contribution >= 0.6 is 0 Å². The number of nitrogens with one attached hydrogen (secondary N) is 1. The number of benzene rings is 1. The van der Waals surface area contributed by atoms with Gasteiger partial charge in [-0.15, -0.1) is 0 Å². The Morgan fingerprint density at radius 2 is 1.87 bits per heavy atom. The molecule has 0 unspecified atom stereocenters. The lowest BCUT2D eigenvalue weighted by Gasteiger charge is -2.27. The number of carbonyl (C=O) groups excluding carboxylic acids is 3. The highest BCUT2D eigenvalue weighted by molar-refractivity contribution is 5.88. The number of rotatable bonds is 8. The van der Waals surface area contributed by atoms with Crippen LogP contribution in [0.25, 0.3) is 0 Å². The Morgan fingerprint density at radius 1 is 1.17 bits per heavy atom. The van der Waals surface area contributed by atoms with Gasteiger partial charge in [-0.3, -0.25) is 14.4 Å². The highest BCUT2D eigenvalue weighted by atomic mass is 19.1. The molecule has 30 heavy (non-hydrogen) atoms. The maximum Gasteiger partial charge on any atom is 0.317 e. The maximum atomic E-state index is 13.3. The van der Waals surface area contributed by atoms with Crippen molar-refractivity contribution in [2.24, 2.45) is 0 Å². The van der Waals surface area contributed by atoms with E-state index in [9.17, 15) is 18.8 Å². The normalized spacial score (nSPS) is 14.9. The van der Waals surface area contributed by atoms with E-state index in [-0.39, 0.29) is 24.8 Å². The first-order valence-electron chi connectivity index (χ1n) is 9.87. The van der Waals surface area contributed by atoms with Crippen molar-refractivity contribution in [3.8, 4) is 0 Å². The zero-order valence-electron chi connectivity index (χ0n) is 16.9. The fourth-order valence-electron chi connectivity index (χ4n) is 3.69. The summed E-state index contributed by atoms with van der Waals surface area (Å²) in [5, 5.41) is 2.65. The third-order valence-electron chi connectivity index (χ3n) is 5.42. The average Bonchev–Trinajstić information content (AvgIpc) is 3.43. The summed E-state index contributed by atoms with van der Waals surface area (Å²) in [6.45, 7) is -0.396. The van der Waals surface area contributed by atoms with E-state index in [1.807, 2.05) is 0 Å². The zero-order chi connectivity index (χ0) is 21.6. The summed E-state index contributed by atoms with van der Waals surface area (Å²) in [5.41, 5.74) is -0.156. The summed E-state index contributed by atoms with van der Waals surface area (Å²) in [6, 6.07) is 9.29. The van der Waals surface area contributed by atoms with Crippen molar-refractivity contribution in [2.75, 3.05) is 20.2 Å². The molecular weight excluding hydrogens is 391 g/mol. The summed E-state index contributed by atoms with van der Waals surface area (Å²) in [7, 11) is 1.47. The number of esters is 1. The molecule has 0 spiro atoms. The van der Waals surface area contributed by atoms with E-state index in [1.165, 1.54) is 30.3 Å². The Balaban J connectivity index is 1.51. The Hall–Kier alpha value is -3.16. The molecule has 160 valence electrons. The van der Waals surface area contributed by atoms with Gasteiger partial charge in [0, 0.05) is 7.05 Å². The van der Waals surface area contributed by atoms with Gasteiger partial charge in [-0.2, -0.15) is 0 Å². The molecule has 1 aromatic heterocycles. The molecule has 1 aliphatic carbocycles. The SMILES string of the molecule is CN(CC(=O)NCc1ccco1)C(=O)COC(=O)C1(c2ccc(F)cc2)CCCC1. The number of hydrogen-bond acceptors (Lipinski definition) is 5. The van der Waals surface area contributed by atoms with Gasteiger partial charge < -0.3 is 19.4 Å². The number of halogens is 1. The highest BCUT2D eigenvalue weighted by Crippen LogP contribution is 2.42. The third kappa shape index (κ3) is 5.06. The summed E-state index contributed by atoms with van der Waals surface area (Å²) in [5.74, 6) is -1.09. The van der Waals surface area contributed by atoms with E-state index in [0.717, 1.165) is 12.8 Å². The number of amides is 2. The summed E-state index contributed by atoms with van der Waals surface area (Å²) in [6.07, 6.45) is 4.41. The van der Waals surface area contributed by atoms with Gasteiger partial charge in [0.15, 0.2) is 6.61 Å². The van der Waals surface area contributed by atoms with Crippen molar-refractivity contribution in [3.63, 3.8) is 0 Å². The molecular formula is C22H25FN2O5. The van der Waals surface area contributed by atoms with E-state index in [2.05, 4.69) is 5.32 Å². The van der Waals surface area contributed by atoms with Crippen LogP contribution in [0.2, 0.25) is 0 Å². The van der Waals surface area contributed by atoms with Crippen molar-refractivity contribution in [1.82, 2.24) is 10.2 Å². The lowest BCUT2D eigenvalue weighted by atomic mass is 9.79. The molecule has 7 nitrogen and oxygen atoms in total. The van der Waals surface area contributed by atoms with E-state index < -0.39 is 23.9 Å². The second-order valence-electron chi connectivity index (χ2n) is 7.48. The molecule has 1 saturated carbocycles. The van der Waals surface area contributed by atoms with Gasteiger partial charge in [0.05, 0.1) is 24.8 Å². The fraction of sp³-hybridized carbons (Fsp3) is 0.409. The summed E-state index contributed by atoms with van der Waals surface area (Å²) >= 11 is 0. The fourth-order valence-corrected chi connectivity index (χ4v) is 3.69. The van der Waals surface area contributed by atoms with Gasteiger partial charge in [0.2, 0.25) is 5.91 Å². The molecule has 0 aliphatic heterocycles. The molecule has 1 aromatic carbocycles. The number of carbonyl (C=O) groups is 3. The maximum absolute atomic E-state index is 13.3. The first-order chi connectivity index (χ1) is 14.4. The molecule has 0 radical (unpaired) electrons. The lowest BCUT2D eigenvalue weighted by Crippen LogP contribution is -2.41. The van der Waals surface area contributed by atoms with Crippen LogP contribution in [0.1, 0.15) is 37.0 Å². The van der Waals surface area contributed by atoms with Crippen molar-refractivity contribution in [2.45, 2.75) is 37.6 Å². The first-order valence-corrected chi connectivity index (χ1v) is 9.87. The smallest absolute Gasteiger partial charge is 0.317 e. The molecule has 8 heteroatoms. The van der Waals surface area contributed by atoms with Crippen LogP contribution in [0.15, 0.2) is 47.1 Å². The van der Waals surface area contributed by atoms with Crippen molar-refractivity contribution in [3.05, 3.63) is 59.8 Å². The minimum absolute atomic E-state index is 0.166. The number of hydrogen-bond donors (Lipinski definition) is 1. The van der Waals surface area contributed by atoms with Crippen LogP contribution < -0.4 is 5.32 Å². The molecule has 0 saturated heterocycles. The van der Waals surface area contributed by atoms with Gasteiger partial charge in [-0.05, 0) is 42.7 Å². The molecule has 2 amide bonds. The third-order valence-corrected chi connectivity index (χ3v) is 5.42. The first kappa shape index (κ1) is 21.5. The van der Waals surface area contributed by atoms with Crippen LogP contribution in [-0.2, 0) is 31.1 Å². The van der Waals surface area contributed by atoms with E-state index in [1.54, 1.807) is 24.3 Å². The number of nitrogens with zero attached hydrogens (tertiary/aromatic N) is 1.